The van der Waals surface area contributed by atoms with Crippen molar-refractivity contribution in [3.63, 3.8) is 0 Å². The third-order valence-electron chi connectivity index (χ3n) is 23.4. The number of nitrogen functional groups attached to an aromatic ring is 1. The van der Waals surface area contributed by atoms with E-state index in [4.69, 9.17) is 57.5 Å². The average Bonchev–Trinajstić information content (AvgIpc) is 0.787. The molecule has 0 aliphatic carbocycles. The topological polar surface area (TPSA) is 344 Å². The molecule has 0 saturated carbocycles. The summed E-state index contributed by atoms with van der Waals surface area (Å²) in [7, 11) is 6.06. The molecule has 19 rings (SSSR count). The summed E-state index contributed by atoms with van der Waals surface area (Å²) < 4.78 is 99.5. The number of rotatable bonds is 8. The van der Waals surface area contributed by atoms with Gasteiger partial charge in [-0.1, -0.05) is 156 Å². The summed E-state index contributed by atoms with van der Waals surface area (Å²) in [6, 6.07) is 67.3. The van der Waals surface area contributed by atoms with E-state index in [0.717, 1.165) is 149 Å². The zero-order valence-electron chi connectivity index (χ0n) is 76.7. The lowest BCUT2D eigenvalue weighted by Crippen LogP contribution is -2.41. The number of carbonyl (C=O) groups is 2. The third-order valence-corrected chi connectivity index (χ3v) is 24.9. The highest BCUT2D eigenvalue weighted by Gasteiger charge is 2.28. The van der Waals surface area contributed by atoms with Crippen LogP contribution < -0.4 is 33.3 Å². The first-order valence-electron chi connectivity index (χ1n) is 43.9. The van der Waals surface area contributed by atoms with Gasteiger partial charge in [0.05, 0.1) is 49.2 Å². The zero-order chi connectivity index (χ0) is 99.4. The van der Waals surface area contributed by atoms with Crippen LogP contribution >= 0.6 is 60.2 Å². The van der Waals surface area contributed by atoms with Crippen molar-refractivity contribution in [3.8, 4) is 36.0 Å². The van der Waals surface area contributed by atoms with Crippen molar-refractivity contribution in [2.45, 2.75) is 121 Å². The highest BCUT2D eigenvalue weighted by atomic mass is 79.9. The van der Waals surface area contributed by atoms with Crippen LogP contribution in [0.25, 0.3) is 43.6 Å². The molecule has 4 aromatic heterocycles. The molecule has 14 aromatic rings. The Hall–Kier alpha value is -13.2. The molecule has 139 heavy (non-hydrogen) atoms. The number of nitrogens with zero attached hydrogens (tertiary/aromatic N) is 11. The van der Waals surface area contributed by atoms with Gasteiger partial charge in [0.2, 0.25) is 5.91 Å². The molecule has 1 amide bonds. The van der Waals surface area contributed by atoms with Crippen LogP contribution in [0.4, 0.5) is 18.9 Å². The van der Waals surface area contributed by atoms with Gasteiger partial charge in [0.1, 0.15) is 40.7 Å². The van der Waals surface area contributed by atoms with E-state index in [1.165, 1.54) is 53.6 Å². The number of benzene rings is 10. The summed E-state index contributed by atoms with van der Waals surface area (Å²) in [5, 5.41) is 14.1. The number of aryl methyl sites for hydroxylation is 4. The van der Waals surface area contributed by atoms with Crippen LogP contribution in [-0.4, -0.2) is 162 Å². The number of terminal acetylenes is 1. The van der Waals surface area contributed by atoms with Gasteiger partial charge in [0.15, 0.2) is 0 Å². The molecule has 4 N–H and O–H groups in total. The Morgan fingerprint density at radius 3 is 1.07 bits per heavy atom. The number of carboxylic acid groups (broad SMARTS) is 1. The Bertz CT molecular complexity index is 7280. The van der Waals surface area contributed by atoms with Gasteiger partial charge in [-0.15, -0.1) is 44.1 Å². The van der Waals surface area contributed by atoms with E-state index in [0.29, 0.717) is 98.7 Å². The minimum Gasteiger partial charge on any atom is -0.478 e. The summed E-state index contributed by atoms with van der Waals surface area (Å²) in [6.45, 7) is 3.69. The Kier molecular flexibility index (Phi) is 40.4. The fourth-order valence-electron chi connectivity index (χ4n) is 16.2. The minimum absolute atomic E-state index is 0. The Balaban J connectivity index is 0.000000169. The zero-order valence-corrected chi connectivity index (χ0v) is 83.9. The lowest BCUT2D eigenvalue weighted by atomic mass is 9.92. The summed E-state index contributed by atoms with van der Waals surface area (Å²) in [5.41, 5.74) is 14.9. The molecule has 5 aliphatic rings. The highest BCUT2D eigenvalue weighted by Crippen LogP contribution is 2.28. The molecule has 5 aliphatic heterocycles. The van der Waals surface area contributed by atoms with Crippen molar-refractivity contribution in [2.75, 3.05) is 54.6 Å². The minimum atomic E-state index is -3.11. The summed E-state index contributed by atoms with van der Waals surface area (Å²) in [6.07, 6.45) is 16.2. The van der Waals surface area contributed by atoms with Crippen molar-refractivity contribution in [2.24, 2.45) is 11.8 Å². The number of nitrogens with two attached hydrogens (primary N) is 1. The van der Waals surface area contributed by atoms with Gasteiger partial charge in [-0.05, 0) is 256 Å². The second-order valence-corrected chi connectivity index (χ2v) is 37.2. The van der Waals surface area contributed by atoms with Gasteiger partial charge in [-0.2, -0.15) is 0 Å². The van der Waals surface area contributed by atoms with Gasteiger partial charge in [-0.25, -0.2) is 37.9 Å². The molecule has 26 nitrogen and oxygen atoms in total. The molecular weight excluding hydrogens is 2040 g/mol. The van der Waals surface area contributed by atoms with E-state index in [9.17, 15) is 41.9 Å². The molecule has 0 radical (unpaired) electrons. The van der Waals surface area contributed by atoms with Crippen LogP contribution in [0.3, 0.4) is 0 Å². The first-order valence-corrected chi connectivity index (χ1v) is 48.3. The fraction of sp³-hybridized carbons (Fsp3) is 0.269. The number of likely N-dealkylation sites (N-methyl/N-ethyl adjacent to an activating group) is 3. The maximum atomic E-state index is 13.3. The van der Waals surface area contributed by atoms with Gasteiger partial charge < -0.3 is 30.9 Å². The van der Waals surface area contributed by atoms with Crippen molar-refractivity contribution in [1.29, 1.82) is 0 Å². The van der Waals surface area contributed by atoms with E-state index in [2.05, 4.69) is 165 Å². The van der Waals surface area contributed by atoms with Crippen LogP contribution in [0.1, 0.15) is 111 Å². The van der Waals surface area contributed by atoms with Crippen LogP contribution in [0, 0.1) is 65.3 Å². The van der Waals surface area contributed by atoms with E-state index >= 15 is 0 Å². The number of aromatic carboxylic acids is 1. The van der Waals surface area contributed by atoms with Gasteiger partial charge in [0.25, 0.3) is 22.2 Å². The number of hydrogen-bond acceptors (Lipinski definition) is 20. The maximum absolute atomic E-state index is 13.3. The molecule has 35 heteroatoms. The molecule has 720 valence electrons. The molecule has 9 heterocycles. The molecule has 0 spiro atoms. The standard InChI is InChI=1S/2C22H20FN3O.C19H17BrN2O.C14H16BrN3O.C12H15NO.C8H5F.C7H6BrNO2.ClH.2O3S/c2*1-25(2)18-9-11-21-24-20-13-16(7-6-15-4-3-5-17(23)12-15)8-10-19(20)22(27)26(21)14-18;20-15-7-8-16-17(11-15)21-18-9-6-14(12-22(18)19(16)23)10-13-4-2-1-3-5-13;1-17(2)10-4-6-13-16-12-7-9(15)3-5-11(12)14(19)18(13)8-10;14-12-7-6-11(9-13-12)8-10-4-2-1-3-5-10;1-2-7-4-3-5-8(9)6-7;8-4-1-2-5(7(10)11)6(9)3-4;;2*1-4(2)3/h2*3-5,8,10,12-13,18H,9,11,14H2,1-2H3;1-5,7-8,11,14H,6,9-10,12H2;3,5,7,10H,4,6,8H2,1-2H3;1-5,11H,6-9H2,(H,13,14);1,3-6H;1-3H,9H2,(H,10,11);1H;;. The van der Waals surface area contributed by atoms with Gasteiger partial charge in [0, 0.05) is 130 Å². The van der Waals surface area contributed by atoms with Crippen LogP contribution in [-0.2, 0) is 90.7 Å². The number of nitrogens with one attached hydrogen (secondary N) is 1. The smallest absolute Gasteiger partial charge is 0.425 e. The van der Waals surface area contributed by atoms with E-state index in [-0.39, 0.29) is 69.3 Å². The summed E-state index contributed by atoms with van der Waals surface area (Å²) >= 11 is 10.0. The number of amides is 1. The number of hydrogen-bond donors (Lipinski definition) is 3. The second-order valence-electron chi connectivity index (χ2n) is 33.6. The third kappa shape index (κ3) is 31.7. The maximum Gasteiger partial charge on any atom is 0.425 e. The van der Waals surface area contributed by atoms with Gasteiger partial charge in [-0.3, -0.25) is 42.2 Å². The predicted octanol–water partition coefficient (Wildman–Crippen LogP) is 15.3. The van der Waals surface area contributed by atoms with Crippen molar-refractivity contribution < 1.29 is 53.1 Å². The molecule has 1 saturated heterocycles. The summed E-state index contributed by atoms with van der Waals surface area (Å²) in [5.74, 6) is 17.2. The number of fused-ring (bicyclic) bond motifs is 8. The van der Waals surface area contributed by atoms with E-state index < -0.39 is 27.2 Å². The van der Waals surface area contributed by atoms with Crippen molar-refractivity contribution >= 4 is 143 Å². The lowest BCUT2D eigenvalue weighted by molar-refractivity contribution is -0.122. The Morgan fingerprint density at radius 1 is 0.417 bits per heavy atom. The van der Waals surface area contributed by atoms with Gasteiger partial charge >= 0.3 is 27.2 Å². The lowest BCUT2D eigenvalue weighted by Gasteiger charge is -2.30. The largest absolute Gasteiger partial charge is 0.478 e. The Labute approximate surface area is 835 Å². The quantitative estimate of drug-likeness (QED) is 0.0939. The number of carboxylic acids is 1. The van der Waals surface area contributed by atoms with Crippen molar-refractivity contribution in [3.05, 3.63) is 365 Å². The molecule has 5 unspecified atom stereocenters. The molecule has 1 fully saturated rings. The highest BCUT2D eigenvalue weighted by molar-refractivity contribution is 9.11. The first-order chi connectivity index (χ1) is 66.0. The predicted molar refractivity (Wildman–Crippen MR) is 546 cm³/mol. The number of anilines is 1. The molecule has 0 bridgehead atoms. The molecule has 5 atom stereocenters. The number of aromatic nitrogens is 8. The second kappa shape index (κ2) is 52.0. The molecule has 10 aromatic carbocycles. The SMILES string of the molecule is C#Cc1cccc(F)c1.CN(C)C1CCc2nc3cc(Br)ccc3c(=O)n2C1.CN(C)C1CCc2nc3cc(C#Cc4cccc(F)c4)ccc3c(=O)n2C1.CN(C)C1CCc2nc3cc(C#Cc4cccc(F)c4)ccc3c(=O)n2C1.Cl.Nc1cc(Br)ccc1C(=O)O.O=C1CCC(Cc2ccccc2)CN1.O=S(=O)=O.O=S(=O)=O.O=c1c2ccc(Br)cc2nc2n1CC(Cc1ccccc1)CC2. The van der Waals surface area contributed by atoms with Crippen LogP contribution in [0.15, 0.2) is 257 Å². The number of carbonyl (C=O) groups excluding carboxylic acids is 1. The summed E-state index contributed by atoms with van der Waals surface area (Å²) in [4.78, 5) is 97.8. The average molecular weight is 2140 g/mol. The monoisotopic (exact) mass is 2130 g/mol. The number of halogens is 7. The van der Waals surface area contributed by atoms with Crippen molar-refractivity contribution in [1.82, 2.24) is 58.2 Å². The van der Waals surface area contributed by atoms with E-state index in [1.54, 1.807) is 69.8 Å². The normalized spacial score (nSPS) is 15.5. The molecular formula is C104H100Br3ClF3N13O13S2. The van der Waals surface area contributed by atoms with Crippen LogP contribution in [0.5, 0.6) is 0 Å². The number of piperidine rings is 1. The van der Waals surface area contributed by atoms with Crippen LogP contribution in [0.2, 0.25) is 0 Å². The van der Waals surface area contributed by atoms with E-state index in [1.807, 2.05) is 110 Å². The first kappa shape index (κ1) is 108. The fourth-order valence-corrected chi connectivity index (χ4v) is 17.3. The Morgan fingerprint density at radius 2 is 0.734 bits per heavy atom.